The Kier molecular flexibility index (Phi) is 6.89. The van der Waals surface area contributed by atoms with Crippen LogP contribution in [0, 0.1) is 0 Å². The van der Waals surface area contributed by atoms with Crippen LogP contribution in [-0.4, -0.2) is 63.0 Å². The van der Waals surface area contributed by atoms with E-state index in [2.05, 4.69) is 5.32 Å². The van der Waals surface area contributed by atoms with Crippen molar-refractivity contribution in [3.63, 3.8) is 0 Å². The van der Waals surface area contributed by atoms with E-state index in [0.717, 1.165) is 0 Å². The van der Waals surface area contributed by atoms with Crippen molar-refractivity contribution in [1.82, 2.24) is 9.62 Å². The van der Waals surface area contributed by atoms with Gasteiger partial charge in [0.1, 0.15) is 6.54 Å². The number of rotatable bonds is 7. The van der Waals surface area contributed by atoms with Crippen LogP contribution in [0.4, 0.5) is 13.2 Å². The van der Waals surface area contributed by atoms with Crippen molar-refractivity contribution in [2.45, 2.75) is 45.0 Å². The number of alkyl halides is 3. The van der Waals surface area contributed by atoms with Crippen molar-refractivity contribution in [1.29, 1.82) is 0 Å². The Hall–Kier alpha value is -0.380. The molecule has 0 bridgehead atoms. The summed E-state index contributed by atoms with van der Waals surface area (Å²) in [5, 5.41) is 3.01. The molecule has 5 nitrogen and oxygen atoms in total. The van der Waals surface area contributed by atoms with Gasteiger partial charge < -0.3 is 10.1 Å². The lowest BCUT2D eigenvalue weighted by Gasteiger charge is -2.34. The Morgan fingerprint density at radius 1 is 1.29 bits per heavy atom. The van der Waals surface area contributed by atoms with Gasteiger partial charge in [0.05, 0.1) is 18.5 Å². The first kappa shape index (κ1) is 18.7. The maximum atomic E-state index is 12.7. The molecule has 1 N–H and O–H groups in total. The maximum absolute atomic E-state index is 12.7. The average Bonchev–Trinajstić information content (AvgIpc) is 2.35. The number of nitrogens with zero attached hydrogens (tertiary/aromatic N) is 1. The van der Waals surface area contributed by atoms with Crippen LogP contribution in [-0.2, 0) is 14.8 Å². The van der Waals surface area contributed by atoms with E-state index in [-0.39, 0.29) is 12.7 Å². The van der Waals surface area contributed by atoms with E-state index in [4.69, 9.17) is 4.74 Å². The predicted octanol–water partition coefficient (Wildman–Crippen LogP) is 1.36. The second-order valence-electron chi connectivity index (χ2n) is 5.38. The van der Waals surface area contributed by atoms with Crippen molar-refractivity contribution >= 4 is 10.0 Å². The Bertz CT molecular complexity index is 406. The van der Waals surface area contributed by atoms with Crippen LogP contribution in [0.25, 0.3) is 0 Å². The lowest BCUT2D eigenvalue weighted by Crippen LogP contribution is -2.50. The molecule has 0 saturated carbocycles. The lowest BCUT2D eigenvalue weighted by molar-refractivity contribution is -0.140. The zero-order chi connectivity index (χ0) is 16.1. The second kappa shape index (κ2) is 7.75. The number of piperidine rings is 1. The molecule has 0 spiro atoms. The van der Waals surface area contributed by atoms with Gasteiger partial charge in [0.2, 0.25) is 10.0 Å². The quantitative estimate of drug-likeness (QED) is 0.765. The van der Waals surface area contributed by atoms with Crippen LogP contribution in [0.5, 0.6) is 0 Å². The van der Waals surface area contributed by atoms with E-state index >= 15 is 0 Å². The van der Waals surface area contributed by atoms with Crippen molar-refractivity contribution in [3.05, 3.63) is 0 Å². The van der Waals surface area contributed by atoms with Crippen molar-refractivity contribution in [2.75, 3.05) is 32.0 Å². The Labute approximate surface area is 123 Å². The SMILES string of the molecule is CC(C)OCCS(=O)(=O)N(CC(F)(F)F)C1CCNCC1. The van der Waals surface area contributed by atoms with E-state index in [0.29, 0.717) is 30.2 Å². The molecule has 0 aromatic heterocycles. The third kappa shape index (κ3) is 6.94. The molecule has 0 radical (unpaired) electrons. The van der Waals surface area contributed by atoms with E-state index in [1.54, 1.807) is 13.8 Å². The molecule has 21 heavy (non-hydrogen) atoms. The Morgan fingerprint density at radius 2 is 1.86 bits per heavy atom. The molecule has 0 unspecified atom stereocenters. The average molecular weight is 332 g/mol. The normalized spacial score (nSPS) is 18.6. The first-order valence-electron chi connectivity index (χ1n) is 7.00. The molecule has 0 aliphatic carbocycles. The number of hydrogen-bond acceptors (Lipinski definition) is 4. The second-order valence-corrected chi connectivity index (χ2v) is 7.42. The van der Waals surface area contributed by atoms with E-state index in [1.165, 1.54) is 0 Å². The molecule has 0 aromatic rings. The molecule has 0 atom stereocenters. The van der Waals surface area contributed by atoms with E-state index < -0.39 is 34.5 Å². The van der Waals surface area contributed by atoms with Crippen LogP contribution in [0.3, 0.4) is 0 Å². The summed E-state index contributed by atoms with van der Waals surface area (Å²) in [6.07, 6.45) is -3.92. The minimum Gasteiger partial charge on any atom is -0.378 e. The summed E-state index contributed by atoms with van der Waals surface area (Å²) in [6.45, 7) is 3.01. The van der Waals surface area contributed by atoms with Crippen LogP contribution in [0.1, 0.15) is 26.7 Å². The summed E-state index contributed by atoms with van der Waals surface area (Å²) >= 11 is 0. The van der Waals surface area contributed by atoms with E-state index in [9.17, 15) is 21.6 Å². The first-order valence-corrected chi connectivity index (χ1v) is 8.61. The first-order chi connectivity index (χ1) is 9.62. The van der Waals surface area contributed by atoms with E-state index in [1.807, 2.05) is 0 Å². The highest BCUT2D eigenvalue weighted by Gasteiger charge is 2.40. The van der Waals surface area contributed by atoms with Crippen LogP contribution in [0.2, 0.25) is 0 Å². The molecule has 1 aliphatic heterocycles. The maximum Gasteiger partial charge on any atom is 0.402 e. The number of ether oxygens (including phenoxy) is 1. The minimum atomic E-state index is -4.54. The molecule has 1 saturated heterocycles. The largest absolute Gasteiger partial charge is 0.402 e. The summed E-state index contributed by atoms with van der Waals surface area (Å²) < 4.78 is 68.2. The standard InChI is InChI=1S/C12H23F3N2O3S/c1-10(2)20-7-8-21(18,19)17(9-12(13,14)15)11-3-5-16-6-4-11/h10-11,16H,3-9H2,1-2H3. The van der Waals surface area contributed by atoms with Gasteiger partial charge in [-0.3, -0.25) is 0 Å². The smallest absolute Gasteiger partial charge is 0.378 e. The molecule has 0 aromatic carbocycles. The topological polar surface area (TPSA) is 58.6 Å². The zero-order valence-electron chi connectivity index (χ0n) is 12.3. The molecule has 1 aliphatic rings. The molecule has 1 fully saturated rings. The van der Waals surface area contributed by atoms with Crippen molar-refractivity contribution < 1.29 is 26.3 Å². The highest BCUT2D eigenvalue weighted by atomic mass is 32.2. The fourth-order valence-electron chi connectivity index (χ4n) is 2.23. The molecule has 1 heterocycles. The number of hydrogen-bond donors (Lipinski definition) is 1. The summed E-state index contributed by atoms with van der Waals surface area (Å²) in [6, 6.07) is -0.600. The third-order valence-corrected chi connectivity index (χ3v) is 5.03. The van der Waals surface area contributed by atoms with Crippen molar-refractivity contribution in [2.24, 2.45) is 0 Å². The van der Waals surface area contributed by atoms with Gasteiger partial charge in [0.25, 0.3) is 0 Å². The number of nitrogens with one attached hydrogen (secondary N) is 1. The number of halogens is 3. The molecule has 0 amide bonds. The third-order valence-electron chi connectivity index (χ3n) is 3.20. The van der Waals surface area contributed by atoms with Gasteiger partial charge in [-0.25, -0.2) is 8.42 Å². The molecule has 126 valence electrons. The van der Waals surface area contributed by atoms with Gasteiger partial charge >= 0.3 is 6.18 Å². The summed E-state index contributed by atoms with van der Waals surface area (Å²) in [5.41, 5.74) is 0. The van der Waals surface area contributed by atoms with Gasteiger partial charge in [-0.2, -0.15) is 17.5 Å². The summed E-state index contributed by atoms with van der Waals surface area (Å²) in [4.78, 5) is 0. The summed E-state index contributed by atoms with van der Waals surface area (Å²) in [7, 11) is -3.99. The predicted molar refractivity (Wildman–Crippen MR) is 73.5 cm³/mol. The highest BCUT2D eigenvalue weighted by Crippen LogP contribution is 2.24. The van der Waals surface area contributed by atoms with Crippen LogP contribution >= 0.6 is 0 Å². The summed E-state index contributed by atoms with van der Waals surface area (Å²) in [5.74, 6) is -0.425. The molecule has 1 rings (SSSR count). The molecular formula is C12H23F3N2O3S. The van der Waals surface area contributed by atoms with Gasteiger partial charge in [0, 0.05) is 6.04 Å². The fourth-order valence-corrected chi connectivity index (χ4v) is 3.78. The molecule has 9 heteroatoms. The van der Waals surface area contributed by atoms with Gasteiger partial charge in [0.15, 0.2) is 0 Å². The fraction of sp³-hybridized carbons (Fsp3) is 1.00. The molecular weight excluding hydrogens is 309 g/mol. The highest BCUT2D eigenvalue weighted by molar-refractivity contribution is 7.89. The Balaban J connectivity index is 2.78. The van der Waals surface area contributed by atoms with Crippen LogP contribution in [0.15, 0.2) is 0 Å². The monoisotopic (exact) mass is 332 g/mol. The van der Waals surface area contributed by atoms with Gasteiger partial charge in [-0.15, -0.1) is 0 Å². The lowest BCUT2D eigenvalue weighted by atomic mass is 10.1. The van der Waals surface area contributed by atoms with Gasteiger partial charge in [-0.05, 0) is 39.8 Å². The van der Waals surface area contributed by atoms with Crippen molar-refractivity contribution in [3.8, 4) is 0 Å². The Morgan fingerprint density at radius 3 is 2.33 bits per heavy atom. The minimum absolute atomic E-state index is 0.0979. The number of sulfonamides is 1. The zero-order valence-corrected chi connectivity index (χ0v) is 13.1. The van der Waals surface area contributed by atoms with Gasteiger partial charge in [-0.1, -0.05) is 0 Å². The van der Waals surface area contributed by atoms with Crippen LogP contribution < -0.4 is 5.32 Å².